The Kier molecular flexibility index (Phi) is 5.88. The molecule has 1 fully saturated rings. The van der Waals surface area contributed by atoms with Gasteiger partial charge in [0.25, 0.3) is 0 Å². The van der Waals surface area contributed by atoms with Gasteiger partial charge in [0, 0.05) is 36.3 Å². The highest BCUT2D eigenvalue weighted by Gasteiger charge is 2.29. The minimum Gasteiger partial charge on any atom is -0.496 e. The molecule has 2 N–H and O–H groups in total. The van der Waals surface area contributed by atoms with Crippen molar-refractivity contribution in [2.45, 2.75) is 25.4 Å². The van der Waals surface area contributed by atoms with Gasteiger partial charge in [-0.1, -0.05) is 17.7 Å². The third kappa shape index (κ3) is 3.69. The van der Waals surface area contributed by atoms with Gasteiger partial charge in [-0.2, -0.15) is 0 Å². The molecule has 0 radical (unpaired) electrons. The van der Waals surface area contributed by atoms with Crippen LogP contribution in [0.4, 0.5) is 0 Å². The van der Waals surface area contributed by atoms with Crippen LogP contribution in [0.1, 0.15) is 24.9 Å². The first kappa shape index (κ1) is 16.6. The molecule has 0 saturated carbocycles. The van der Waals surface area contributed by atoms with Crippen LogP contribution >= 0.6 is 11.6 Å². The van der Waals surface area contributed by atoms with E-state index in [4.69, 9.17) is 22.1 Å². The maximum Gasteiger partial charge on any atom is 0.125 e. The first-order valence-electron chi connectivity index (χ1n) is 7.55. The number of hydrogen-bond donors (Lipinski definition) is 1. The topological polar surface area (TPSA) is 41.7 Å². The highest BCUT2D eigenvalue weighted by atomic mass is 35.5. The van der Waals surface area contributed by atoms with Crippen LogP contribution in [0.3, 0.4) is 0 Å². The van der Waals surface area contributed by atoms with Gasteiger partial charge in [-0.25, -0.2) is 0 Å². The van der Waals surface area contributed by atoms with Gasteiger partial charge in [-0.05, 0) is 39.1 Å². The number of benzene rings is 1. The summed E-state index contributed by atoms with van der Waals surface area (Å²) < 4.78 is 5.51. The van der Waals surface area contributed by atoms with Gasteiger partial charge in [0.1, 0.15) is 5.75 Å². The number of methoxy groups -OCH3 is 1. The van der Waals surface area contributed by atoms with Crippen LogP contribution in [-0.2, 0) is 0 Å². The van der Waals surface area contributed by atoms with Crippen LogP contribution < -0.4 is 10.5 Å². The number of nitrogens with zero attached hydrogens (tertiary/aromatic N) is 2. The van der Waals surface area contributed by atoms with Gasteiger partial charge in [0.05, 0.1) is 13.2 Å². The molecule has 118 valence electrons. The number of ether oxygens (including phenoxy) is 1. The molecule has 1 saturated heterocycles. The molecule has 1 aliphatic rings. The maximum absolute atomic E-state index is 6.45. The van der Waals surface area contributed by atoms with Gasteiger partial charge in [-0.3, -0.25) is 4.90 Å². The van der Waals surface area contributed by atoms with Crippen LogP contribution in [0.5, 0.6) is 5.75 Å². The quantitative estimate of drug-likeness (QED) is 0.927. The standard InChI is InChI=1S/C16H26ClN3O/c1-12-11-19(2)8-5-9-20(12)14(10-18)16-13(17)6-4-7-15(16)21-3/h4,6-7,12,14H,5,8-11,18H2,1-3H3. The highest BCUT2D eigenvalue weighted by Crippen LogP contribution is 2.36. The second kappa shape index (κ2) is 7.45. The Bertz CT molecular complexity index is 469. The molecule has 1 aromatic carbocycles. The fourth-order valence-electron chi connectivity index (χ4n) is 3.29. The van der Waals surface area contributed by atoms with Gasteiger partial charge in [0.15, 0.2) is 0 Å². The molecule has 1 heterocycles. The Hall–Kier alpha value is -0.810. The average molecular weight is 312 g/mol. The monoisotopic (exact) mass is 311 g/mol. The van der Waals surface area contributed by atoms with Crippen molar-refractivity contribution in [2.24, 2.45) is 5.73 Å². The predicted molar refractivity (Wildman–Crippen MR) is 88.1 cm³/mol. The smallest absolute Gasteiger partial charge is 0.125 e. The molecule has 1 aliphatic heterocycles. The number of likely N-dealkylation sites (N-methyl/N-ethyl adjacent to an activating group) is 1. The molecule has 0 amide bonds. The summed E-state index contributed by atoms with van der Waals surface area (Å²) in [4.78, 5) is 4.84. The second-order valence-corrected chi connectivity index (χ2v) is 6.22. The molecule has 5 heteroatoms. The number of nitrogens with two attached hydrogens (primary N) is 1. The molecule has 21 heavy (non-hydrogen) atoms. The molecule has 0 spiro atoms. The third-order valence-corrected chi connectivity index (χ3v) is 4.62. The van der Waals surface area contributed by atoms with Gasteiger partial charge in [-0.15, -0.1) is 0 Å². The maximum atomic E-state index is 6.45. The summed E-state index contributed by atoms with van der Waals surface area (Å²) in [6.45, 7) is 5.99. The lowest BCUT2D eigenvalue weighted by atomic mass is 10.0. The lowest BCUT2D eigenvalue weighted by Gasteiger charge is -2.36. The van der Waals surface area contributed by atoms with Crippen LogP contribution in [0.2, 0.25) is 5.02 Å². The van der Waals surface area contributed by atoms with E-state index >= 15 is 0 Å². The second-order valence-electron chi connectivity index (χ2n) is 5.81. The van der Waals surface area contributed by atoms with Crippen molar-refractivity contribution in [3.8, 4) is 5.75 Å². The first-order chi connectivity index (χ1) is 10.1. The van der Waals surface area contributed by atoms with Crippen molar-refractivity contribution in [1.29, 1.82) is 0 Å². The molecular formula is C16H26ClN3O. The fourth-order valence-corrected chi connectivity index (χ4v) is 3.58. The van der Waals surface area contributed by atoms with E-state index in [1.807, 2.05) is 18.2 Å². The highest BCUT2D eigenvalue weighted by molar-refractivity contribution is 6.31. The van der Waals surface area contributed by atoms with Crippen molar-refractivity contribution in [3.05, 3.63) is 28.8 Å². The molecule has 2 unspecified atom stereocenters. The summed E-state index contributed by atoms with van der Waals surface area (Å²) in [7, 11) is 3.86. The largest absolute Gasteiger partial charge is 0.496 e. The van der Waals surface area contributed by atoms with Crippen LogP contribution in [-0.4, -0.2) is 56.2 Å². The zero-order valence-electron chi connectivity index (χ0n) is 13.2. The fraction of sp³-hybridized carbons (Fsp3) is 0.625. The summed E-state index contributed by atoms with van der Waals surface area (Å²) in [5, 5.41) is 0.731. The Morgan fingerprint density at radius 1 is 1.43 bits per heavy atom. The number of rotatable bonds is 4. The SMILES string of the molecule is COc1cccc(Cl)c1C(CN)N1CCCN(C)CC1C. The number of hydrogen-bond acceptors (Lipinski definition) is 4. The van der Waals surface area contributed by atoms with Gasteiger partial charge in [0.2, 0.25) is 0 Å². The van der Waals surface area contributed by atoms with Crippen molar-refractivity contribution in [1.82, 2.24) is 9.80 Å². The van der Waals surface area contributed by atoms with Crippen LogP contribution in [0, 0.1) is 0 Å². The predicted octanol–water partition coefficient (Wildman–Crippen LogP) is 2.37. The summed E-state index contributed by atoms with van der Waals surface area (Å²) in [5.41, 5.74) is 7.12. The van der Waals surface area contributed by atoms with E-state index in [9.17, 15) is 0 Å². The minimum atomic E-state index is 0.0927. The molecular weight excluding hydrogens is 286 g/mol. The molecule has 2 rings (SSSR count). The van der Waals surface area contributed by atoms with E-state index in [1.165, 1.54) is 0 Å². The molecule has 2 atom stereocenters. The van der Waals surface area contributed by atoms with Gasteiger partial charge < -0.3 is 15.4 Å². The molecule has 0 aromatic heterocycles. The summed E-state index contributed by atoms with van der Waals surface area (Å²) >= 11 is 6.45. The summed E-state index contributed by atoms with van der Waals surface area (Å²) in [6, 6.07) is 6.31. The normalized spacial score (nSPS) is 22.8. The molecule has 4 nitrogen and oxygen atoms in total. The zero-order valence-corrected chi connectivity index (χ0v) is 13.9. The third-order valence-electron chi connectivity index (χ3n) is 4.29. The summed E-state index contributed by atoms with van der Waals surface area (Å²) in [6.07, 6.45) is 1.14. The Labute approximate surface area is 132 Å². The van der Waals surface area contributed by atoms with Crippen LogP contribution in [0.15, 0.2) is 18.2 Å². The van der Waals surface area contributed by atoms with Crippen molar-refractivity contribution in [2.75, 3.05) is 40.3 Å². The van der Waals surface area contributed by atoms with E-state index < -0.39 is 0 Å². The average Bonchev–Trinajstić information content (AvgIpc) is 2.62. The zero-order chi connectivity index (χ0) is 15.4. The first-order valence-corrected chi connectivity index (χ1v) is 7.93. The molecule has 1 aromatic rings. The lowest BCUT2D eigenvalue weighted by Crippen LogP contribution is -2.43. The van der Waals surface area contributed by atoms with Crippen molar-refractivity contribution in [3.63, 3.8) is 0 Å². The Balaban J connectivity index is 2.35. The summed E-state index contributed by atoms with van der Waals surface area (Å²) in [5.74, 6) is 0.822. The Morgan fingerprint density at radius 2 is 2.19 bits per heavy atom. The van der Waals surface area contributed by atoms with E-state index in [0.717, 1.165) is 42.4 Å². The molecule has 0 aliphatic carbocycles. The van der Waals surface area contributed by atoms with E-state index in [-0.39, 0.29) is 6.04 Å². The van der Waals surface area contributed by atoms with E-state index in [2.05, 4.69) is 23.8 Å². The van der Waals surface area contributed by atoms with E-state index in [1.54, 1.807) is 7.11 Å². The minimum absolute atomic E-state index is 0.0927. The lowest BCUT2D eigenvalue weighted by molar-refractivity contribution is 0.144. The van der Waals surface area contributed by atoms with Crippen molar-refractivity contribution >= 4 is 11.6 Å². The van der Waals surface area contributed by atoms with E-state index in [0.29, 0.717) is 12.6 Å². The van der Waals surface area contributed by atoms with Gasteiger partial charge >= 0.3 is 0 Å². The van der Waals surface area contributed by atoms with Crippen molar-refractivity contribution < 1.29 is 4.74 Å². The Morgan fingerprint density at radius 3 is 2.86 bits per heavy atom. The van der Waals surface area contributed by atoms with Crippen LogP contribution in [0.25, 0.3) is 0 Å². The molecule has 0 bridgehead atoms. The number of halogens is 1.